The Balaban J connectivity index is 1.42. The topological polar surface area (TPSA) is 58.6 Å². The molecule has 0 atom stereocenters. The van der Waals surface area contributed by atoms with Gasteiger partial charge in [-0.05, 0) is 54.8 Å². The Morgan fingerprint density at radius 3 is 2.68 bits per heavy atom. The van der Waals surface area contributed by atoms with Gasteiger partial charge in [0.1, 0.15) is 10.1 Å². The Kier molecular flexibility index (Phi) is 8.51. The van der Waals surface area contributed by atoms with Gasteiger partial charge in [0.15, 0.2) is 0 Å². The van der Waals surface area contributed by atoms with Crippen molar-refractivity contribution in [3.8, 4) is 5.75 Å². The first-order valence-electron chi connectivity index (χ1n) is 9.91. The van der Waals surface area contributed by atoms with E-state index in [1.54, 1.807) is 36.3 Å². The fourth-order valence-electron chi connectivity index (χ4n) is 3.07. The number of hydrogen-bond acceptors (Lipinski definition) is 5. The second kappa shape index (κ2) is 11.3. The van der Waals surface area contributed by atoms with Crippen LogP contribution in [0.3, 0.4) is 0 Å². The van der Waals surface area contributed by atoms with E-state index < -0.39 is 0 Å². The fraction of sp³-hybridized carbons (Fsp3) is 0.261. The maximum Gasteiger partial charge on any atom is 0.266 e. The number of ether oxygens (including phenoxy) is 1. The van der Waals surface area contributed by atoms with Gasteiger partial charge in [0, 0.05) is 23.7 Å². The Bertz CT molecular complexity index is 993. The second-order valence-electron chi connectivity index (χ2n) is 6.98. The van der Waals surface area contributed by atoms with Crippen LogP contribution in [0.1, 0.15) is 31.2 Å². The number of anilines is 1. The first-order chi connectivity index (χ1) is 15.0. The number of methoxy groups -OCH3 is 1. The quantitative estimate of drug-likeness (QED) is 0.285. The van der Waals surface area contributed by atoms with Gasteiger partial charge in [-0.2, -0.15) is 0 Å². The Morgan fingerprint density at radius 1 is 1.19 bits per heavy atom. The molecule has 2 aromatic carbocycles. The lowest BCUT2D eigenvalue weighted by atomic mass is 10.1. The van der Waals surface area contributed by atoms with E-state index in [4.69, 9.17) is 28.6 Å². The molecule has 5 nitrogen and oxygen atoms in total. The molecule has 1 saturated heterocycles. The van der Waals surface area contributed by atoms with Crippen molar-refractivity contribution >= 4 is 63.5 Å². The van der Waals surface area contributed by atoms with Gasteiger partial charge in [-0.15, -0.1) is 0 Å². The molecule has 2 amide bonds. The molecule has 1 heterocycles. The number of unbranched alkanes of at least 4 members (excludes halogenated alkanes) is 2. The maximum absolute atomic E-state index is 12.7. The maximum atomic E-state index is 12.7. The van der Waals surface area contributed by atoms with Crippen LogP contribution in [-0.2, 0) is 9.59 Å². The molecule has 1 aliphatic heterocycles. The van der Waals surface area contributed by atoms with Crippen LogP contribution in [0.4, 0.5) is 5.69 Å². The summed E-state index contributed by atoms with van der Waals surface area (Å²) in [6.07, 6.45) is 4.62. The Morgan fingerprint density at radius 2 is 1.97 bits per heavy atom. The number of rotatable bonds is 9. The van der Waals surface area contributed by atoms with Crippen LogP contribution in [0, 0.1) is 0 Å². The van der Waals surface area contributed by atoms with Crippen LogP contribution < -0.4 is 10.1 Å². The molecular formula is C23H23ClN2O3S2. The zero-order chi connectivity index (χ0) is 22.2. The first kappa shape index (κ1) is 23.3. The van der Waals surface area contributed by atoms with Crippen molar-refractivity contribution in [2.24, 2.45) is 0 Å². The van der Waals surface area contributed by atoms with E-state index in [0.29, 0.717) is 32.9 Å². The SMILES string of the molecule is COc1ccc(/C=C2\SC(=S)N(CCCCCC(=O)Nc3cccc(Cl)c3)C2=O)cc1. The summed E-state index contributed by atoms with van der Waals surface area (Å²) in [4.78, 5) is 27.0. The number of halogens is 1. The van der Waals surface area contributed by atoms with E-state index in [1.807, 2.05) is 30.3 Å². The minimum Gasteiger partial charge on any atom is -0.497 e. The van der Waals surface area contributed by atoms with E-state index >= 15 is 0 Å². The Labute approximate surface area is 196 Å². The van der Waals surface area contributed by atoms with Crippen molar-refractivity contribution in [2.75, 3.05) is 19.0 Å². The van der Waals surface area contributed by atoms with Gasteiger partial charge in [-0.1, -0.05) is 60.2 Å². The van der Waals surface area contributed by atoms with Crippen LogP contribution in [0.25, 0.3) is 6.08 Å². The highest BCUT2D eigenvalue weighted by Crippen LogP contribution is 2.33. The van der Waals surface area contributed by atoms with Crippen molar-refractivity contribution in [3.63, 3.8) is 0 Å². The van der Waals surface area contributed by atoms with E-state index in [-0.39, 0.29) is 11.8 Å². The number of hydrogen-bond donors (Lipinski definition) is 1. The average molecular weight is 475 g/mol. The molecule has 162 valence electrons. The van der Waals surface area contributed by atoms with Gasteiger partial charge in [-0.25, -0.2) is 0 Å². The van der Waals surface area contributed by atoms with Crippen molar-refractivity contribution in [3.05, 3.63) is 64.0 Å². The minimum atomic E-state index is -0.0653. The van der Waals surface area contributed by atoms with Crippen LogP contribution in [0.15, 0.2) is 53.4 Å². The van der Waals surface area contributed by atoms with Crippen molar-refractivity contribution in [1.29, 1.82) is 0 Å². The van der Waals surface area contributed by atoms with Gasteiger partial charge < -0.3 is 10.1 Å². The third kappa shape index (κ3) is 6.82. The van der Waals surface area contributed by atoms with Crippen molar-refractivity contribution < 1.29 is 14.3 Å². The number of benzene rings is 2. The molecule has 3 rings (SSSR count). The highest BCUT2D eigenvalue weighted by atomic mass is 35.5. The van der Waals surface area contributed by atoms with Crippen LogP contribution in [0.5, 0.6) is 5.75 Å². The lowest BCUT2D eigenvalue weighted by Gasteiger charge is -2.14. The number of amides is 2. The van der Waals surface area contributed by atoms with E-state index in [2.05, 4.69) is 5.32 Å². The summed E-state index contributed by atoms with van der Waals surface area (Å²) >= 11 is 12.6. The van der Waals surface area contributed by atoms with Gasteiger partial charge >= 0.3 is 0 Å². The van der Waals surface area contributed by atoms with Crippen molar-refractivity contribution in [1.82, 2.24) is 4.90 Å². The molecule has 1 fully saturated rings. The van der Waals surface area contributed by atoms with Gasteiger partial charge in [0.2, 0.25) is 5.91 Å². The second-order valence-corrected chi connectivity index (χ2v) is 9.09. The van der Waals surface area contributed by atoms with E-state index in [9.17, 15) is 9.59 Å². The van der Waals surface area contributed by atoms with Crippen molar-refractivity contribution in [2.45, 2.75) is 25.7 Å². The van der Waals surface area contributed by atoms with Crippen LogP contribution in [-0.4, -0.2) is 34.7 Å². The van der Waals surface area contributed by atoms with E-state index in [1.165, 1.54) is 11.8 Å². The number of thioether (sulfide) groups is 1. The molecule has 0 aromatic heterocycles. The summed E-state index contributed by atoms with van der Waals surface area (Å²) in [7, 11) is 1.62. The summed E-state index contributed by atoms with van der Waals surface area (Å²) in [5, 5.41) is 3.42. The van der Waals surface area contributed by atoms with E-state index in [0.717, 1.165) is 30.6 Å². The molecule has 0 spiro atoms. The smallest absolute Gasteiger partial charge is 0.266 e. The molecule has 0 bridgehead atoms. The lowest BCUT2D eigenvalue weighted by molar-refractivity contribution is -0.122. The standard InChI is InChI=1S/C23H23ClN2O3S2/c1-29-19-11-9-16(10-12-19)14-20-22(28)26(23(30)31-20)13-4-2-3-8-21(27)25-18-7-5-6-17(24)15-18/h5-7,9-12,14-15H,2-4,8,13H2,1H3,(H,25,27)/b20-14-. The van der Waals surface area contributed by atoms with Gasteiger partial charge in [0.05, 0.1) is 12.0 Å². The zero-order valence-corrected chi connectivity index (χ0v) is 19.5. The third-order valence-corrected chi connectivity index (χ3v) is 6.29. The predicted molar refractivity (Wildman–Crippen MR) is 131 cm³/mol. The van der Waals surface area contributed by atoms with Crippen LogP contribution >= 0.6 is 35.6 Å². The summed E-state index contributed by atoms with van der Waals surface area (Å²) in [6, 6.07) is 14.6. The zero-order valence-electron chi connectivity index (χ0n) is 17.1. The molecule has 0 aliphatic carbocycles. The molecule has 0 radical (unpaired) electrons. The summed E-state index contributed by atoms with van der Waals surface area (Å²) < 4.78 is 5.73. The predicted octanol–water partition coefficient (Wildman–Crippen LogP) is 5.75. The molecule has 31 heavy (non-hydrogen) atoms. The third-order valence-electron chi connectivity index (χ3n) is 4.68. The molecule has 1 N–H and O–H groups in total. The minimum absolute atomic E-state index is 0.0460. The molecule has 0 unspecified atom stereocenters. The monoisotopic (exact) mass is 474 g/mol. The largest absolute Gasteiger partial charge is 0.497 e. The molecule has 1 aliphatic rings. The molecule has 0 saturated carbocycles. The molecule has 8 heteroatoms. The van der Waals surface area contributed by atoms with Gasteiger partial charge in [-0.3, -0.25) is 14.5 Å². The van der Waals surface area contributed by atoms with Gasteiger partial charge in [0.25, 0.3) is 5.91 Å². The van der Waals surface area contributed by atoms with Crippen LogP contribution in [0.2, 0.25) is 5.02 Å². The highest BCUT2D eigenvalue weighted by Gasteiger charge is 2.31. The summed E-state index contributed by atoms with van der Waals surface area (Å²) in [5.74, 6) is 0.658. The fourth-order valence-corrected chi connectivity index (χ4v) is 4.57. The number of nitrogens with zero attached hydrogens (tertiary/aromatic N) is 1. The number of carbonyl (C=O) groups excluding carboxylic acids is 2. The normalized spacial score (nSPS) is 14.9. The lowest BCUT2D eigenvalue weighted by Crippen LogP contribution is -2.29. The first-order valence-corrected chi connectivity index (χ1v) is 11.5. The summed E-state index contributed by atoms with van der Waals surface area (Å²) in [5.41, 5.74) is 1.62. The molecular weight excluding hydrogens is 452 g/mol. The Hall–Kier alpha value is -2.35. The molecule has 2 aromatic rings. The number of thiocarbonyl (C=S) groups is 1. The summed E-state index contributed by atoms with van der Waals surface area (Å²) in [6.45, 7) is 0.556. The highest BCUT2D eigenvalue weighted by molar-refractivity contribution is 8.26. The number of carbonyl (C=O) groups is 2. The number of nitrogens with one attached hydrogen (secondary N) is 1. The average Bonchev–Trinajstić information content (AvgIpc) is 3.01.